The summed E-state index contributed by atoms with van der Waals surface area (Å²) < 4.78 is 10.3. The third-order valence-corrected chi connectivity index (χ3v) is 6.03. The van der Waals surface area contributed by atoms with E-state index in [9.17, 15) is 9.90 Å². The van der Waals surface area contributed by atoms with Crippen LogP contribution in [0.25, 0.3) is 11.3 Å². The van der Waals surface area contributed by atoms with Crippen molar-refractivity contribution in [2.45, 2.75) is 31.9 Å². The van der Waals surface area contributed by atoms with Gasteiger partial charge >= 0.3 is 0 Å². The number of hydrogen-bond donors (Lipinski definition) is 1. The fourth-order valence-electron chi connectivity index (χ4n) is 4.23. The summed E-state index contributed by atoms with van der Waals surface area (Å²) in [5.41, 5.74) is 2.14. The van der Waals surface area contributed by atoms with Gasteiger partial charge in [-0.25, -0.2) is 0 Å². The van der Waals surface area contributed by atoms with Gasteiger partial charge in [0, 0.05) is 18.0 Å². The van der Waals surface area contributed by atoms with Crippen molar-refractivity contribution in [3.05, 3.63) is 70.4 Å². The van der Waals surface area contributed by atoms with E-state index in [0.29, 0.717) is 34.0 Å². The van der Waals surface area contributed by atoms with Crippen LogP contribution in [-0.4, -0.2) is 40.8 Å². The molecule has 30 heavy (non-hydrogen) atoms. The van der Waals surface area contributed by atoms with Gasteiger partial charge in [-0.3, -0.25) is 4.79 Å². The lowest BCUT2D eigenvalue weighted by Gasteiger charge is -2.25. The number of β-amino-alcohol motifs (C(OH)–C–C–N with tert-alkyl or cyclic N) is 1. The molecule has 1 aliphatic rings. The van der Waals surface area contributed by atoms with Crippen molar-refractivity contribution >= 4 is 17.5 Å². The molecule has 1 fully saturated rings. The van der Waals surface area contributed by atoms with Crippen molar-refractivity contribution in [2.24, 2.45) is 0 Å². The number of aryl methyl sites for hydroxylation is 1. The fourth-order valence-corrected chi connectivity index (χ4v) is 4.49. The first-order chi connectivity index (χ1) is 14.3. The molecule has 2 unspecified atom stereocenters. The van der Waals surface area contributed by atoms with Crippen molar-refractivity contribution in [3.8, 4) is 17.0 Å². The van der Waals surface area contributed by atoms with Gasteiger partial charge in [0.1, 0.15) is 28.9 Å². The number of aliphatic hydroxyl groups is 1. The number of methoxy groups -OCH3 is 1. The molecule has 7 heteroatoms. The number of halogens is 1. The van der Waals surface area contributed by atoms with Crippen LogP contribution in [0.2, 0.25) is 5.02 Å². The minimum Gasteiger partial charge on any atom is -0.495 e. The summed E-state index contributed by atoms with van der Waals surface area (Å²) in [6.07, 6.45) is 1.80. The summed E-state index contributed by atoms with van der Waals surface area (Å²) in [5.74, 6) is 0.295. The van der Waals surface area contributed by atoms with E-state index in [2.05, 4.69) is 5.16 Å². The second-order valence-corrected chi connectivity index (χ2v) is 8.17. The highest BCUT2D eigenvalue weighted by Crippen LogP contribution is 2.39. The first-order valence-corrected chi connectivity index (χ1v) is 10.1. The minimum atomic E-state index is -1.10. The smallest absolute Gasteiger partial charge is 0.259 e. The molecule has 0 radical (unpaired) electrons. The molecule has 1 saturated heterocycles. The number of amides is 1. The van der Waals surface area contributed by atoms with Crippen molar-refractivity contribution in [3.63, 3.8) is 0 Å². The van der Waals surface area contributed by atoms with E-state index in [1.165, 1.54) is 13.4 Å². The van der Waals surface area contributed by atoms with Crippen LogP contribution in [0.15, 0.2) is 53.3 Å². The summed E-state index contributed by atoms with van der Waals surface area (Å²) in [6.45, 7) is 4.10. The first-order valence-electron chi connectivity index (χ1n) is 9.72. The monoisotopic (exact) mass is 426 g/mol. The third kappa shape index (κ3) is 3.46. The van der Waals surface area contributed by atoms with Gasteiger partial charge in [-0.05, 0) is 43.2 Å². The number of nitrogens with zero attached hydrogens (tertiary/aromatic N) is 2. The van der Waals surface area contributed by atoms with Gasteiger partial charge < -0.3 is 19.3 Å². The second kappa shape index (κ2) is 7.78. The van der Waals surface area contributed by atoms with Crippen LogP contribution in [0.5, 0.6) is 5.75 Å². The van der Waals surface area contributed by atoms with Crippen LogP contribution in [0, 0.1) is 6.92 Å². The lowest BCUT2D eigenvalue weighted by atomic mass is 9.88. The Kier molecular flexibility index (Phi) is 5.30. The summed E-state index contributed by atoms with van der Waals surface area (Å²) in [7, 11) is 1.54. The molecular weight excluding hydrogens is 404 g/mol. The molecule has 2 atom stereocenters. The van der Waals surface area contributed by atoms with Gasteiger partial charge in [-0.1, -0.05) is 41.0 Å². The molecule has 1 aromatic heterocycles. The molecule has 0 saturated carbocycles. The standard InChI is InChI=1S/C23H23ClN2O4/c1-14-6-4-5-7-18(14)23(28)11-15(2)26(13-23)22(27)17-12-30-25-21(17)16-8-9-20(29-3)19(24)10-16/h4-10,12,15,28H,11,13H2,1-3H3. The Morgan fingerprint density at radius 2 is 2.10 bits per heavy atom. The van der Waals surface area contributed by atoms with Gasteiger partial charge in [-0.15, -0.1) is 0 Å². The Labute approximate surface area is 180 Å². The summed E-state index contributed by atoms with van der Waals surface area (Å²) in [6, 6.07) is 12.8. The Hall–Kier alpha value is -2.83. The van der Waals surface area contributed by atoms with Crippen LogP contribution in [0.1, 0.15) is 34.8 Å². The maximum atomic E-state index is 13.4. The molecular formula is C23H23ClN2O4. The normalized spacial score (nSPS) is 21.1. The molecule has 2 aromatic carbocycles. The Balaban J connectivity index is 1.64. The summed E-state index contributed by atoms with van der Waals surface area (Å²) in [5, 5.41) is 15.8. The maximum Gasteiger partial charge on any atom is 0.259 e. The van der Waals surface area contributed by atoms with Crippen LogP contribution in [0.3, 0.4) is 0 Å². The molecule has 4 rings (SSSR count). The molecule has 2 heterocycles. The van der Waals surface area contributed by atoms with E-state index in [4.69, 9.17) is 20.9 Å². The Morgan fingerprint density at radius 1 is 1.33 bits per heavy atom. The number of aromatic nitrogens is 1. The number of carbonyl (C=O) groups excluding carboxylic acids is 1. The van der Waals surface area contributed by atoms with Crippen molar-refractivity contribution in [1.82, 2.24) is 10.1 Å². The minimum absolute atomic E-state index is 0.149. The lowest BCUT2D eigenvalue weighted by molar-refractivity contribution is 0.0412. The molecule has 0 spiro atoms. The van der Waals surface area contributed by atoms with E-state index in [0.717, 1.165) is 11.1 Å². The third-order valence-electron chi connectivity index (χ3n) is 5.73. The highest BCUT2D eigenvalue weighted by molar-refractivity contribution is 6.32. The second-order valence-electron chi connectivity index (χ2n) is 7.76. The average molecular weight is 427 g/mol. The lowest BCUT2D eigenvalue weighted by Crippen LogP contribution is -2.36. The molecule has 3 aromatic rings. The van der Waals surface area contributed by atoms with E-state index in [1.807, 2.05) is 38.1 Å². The molecule has 156 valence electrons. The SMILES string of the molecule is COc1ccc(-c2nocc2C(=O)N2CC(O)(c3ccccc3C)CC2C)cc1Cl. The zero-order valence-electron chi connectivity index (χ0n) is 17.1. The zero-order valence-corrected chi connectivity index (χ0v) is 17.8. The maximum absolute atomic E-state index is 13.4. The van der Waals surface area contributed by atoms with Crippen molar-refractivity contribution in [2.75, 3.05) is 13.7 Å². The number of ether oxygens (including phenoxy) is 1. The predicted octanol–water partition coefficient (Wildman–Crippen LogP) is 4.43. The largest absolute Gasteiger partial charge is 0.495 e. The van der Waals surface area contributed by atoms with E-state index < -0.39 is 5.60 Å². The number of carbonyl (C=O) groups is 1. The van der Waals surface area contributed by atoms with Gasteiger partial charge in [0.05, 0.1) is 18.7 Å². The molecule has 0 aliphatic carbocycles. The summed E-state index contributed by atoms with van der Waals surface area (Å²) >= 11 is 6.24. The van der Waals surface area contributed by atoms with Gasteiger partial charge in [0.15, 0.2) is 0 Å². The Bertz CT molecular complexity index is 1100. The van der Waals surface area contributed by atoms with E-state index in [1.54, 1.807) is 23.1 Å². The highest BCUT2D eigenvalue weighted by atomic mass is 35.5. The van der Waals surface area contributed by atoms with Crippen LogP contribution < -0.4 is 4.74 Å². The first kappa shape index (κ1) is 20.4. The topological polar surface area (TPSA) is 75.8 Å². The molecule has 6 nitrogen and oxygen atoms in total. The molecule has 1 aliphatic heterocycles. The molecule has 0 bridgehead atoms. The number of likely N-dealkylation sites (tertiary alicyclic amines) is 1. The van der Waals surface area contributed by atoms with Gasteiger partial charge in [-0.2, -0.15) is 0 Å². The van der Waals surface area contributed by atoms with Gasteiger partial charge in [0.25, 0.3) is 5.91 Å². The van der Waals surface area contributed by atoms with E-state index >= 15 is 0 Å². The highest BCUT2D eigenvalue weighted by Gasteiger charge is 2.45. The quantitative estimate of drug-likeness (QED) is 0.667. The van der Waals surface area contributed by atoms with Crippen molar-refractivity contribution < 1.29 is 19.2 Å². The number of rotatable bonds is 4. The summed E-state index contributed by atoms with van der Waals surface area (Å²) in [4.78, 5) is 15.1. The van der Waals surface area contributed by atoms with Crippen molar-refractivity contribution in [1.29, 1.82) is 0 Å². The molecule has 1 amide bonds. The van der Waals surface area contributed by atoms with E-state index in [-0.39, 0.29) is 18.5 Å². The average Bonchev–Trinajstić information content (AvgIpc) is 3.32. The van der Waals surface area contributed by atoms with Gasteiger partial charge in [0.2, 0.25) is 0 Å². The predicted molar refractivity (Wildman–Crippen MR) is 114 cm³/mol. The number of benzene rings is 2. The Morgan fingerprint density at radius 3 is 2.80 bits per heavy atom. The molecule has 1 N–H and O–H groups in total. The fraction of sp³-hybridized carbons (Fsp3) is 0.304. The van der Waals surface area contributed by atoms with Crippen LogP contribution in [0.4, 0.5) is 0 Å². The van der Waals surface area contributed by atoms with Crippen LogP contribution >= 0.6 is 11.6 Å². The zero-order chi connectivity index (χ0) is 21.5. The van der Waals surface area contributed by atoms with Crippen LogP contribution in [-0.2, 0) is 5.60 Å². The number of hydrogen-bond acceptors (Lipinski definition) is 5.